The summed E-state index contributed by atoms with van der Waals surface area (Å²) < 4.78 is 5.25. The van der Waals surface area contributed by atoms with Crippen LogP contribution < -0.4 is 10.6 Å². The summed E-state index contributed by atoms with van der Waals surface area (Å²) in [5, 5.41) is 10.8. The molecule has 3 rings (SSSR count). The van der Waals surface area contributed by atoms with Crippen LogP contribution in [0, 0.1) is 13.8 Å². The highest BCUT2D eigenvalue weighted by Crippen LogP contribution is 2.24. The third kappa shape index (κ3) is 5.70. The molecule has 0 aliphatic carbocycles. The van der Waals surface area contributed by atoms with Gasteiger partial charge in [-0.15, -0.1) is 0 Å². The fourth-order valence-electron chi connectivity index (χ4n) is 3.46. The lowest BCUT2D eigenvalue weighted by Crippen LogP contribution is -2.38. The van der Waals surface area contributed by atoms with Crippen LogP contribution in [-0.2, 0) is 6.42 Å². The van der Waals surface area contributed by atoms with E-state index in [-0.39, 0.29) is 5.92 Å². The first-order valence-corrected chi connectivity index (χ1v) is 10.2. The third-order valence-corrected chi connectivity index (χ3v) is 5.03. The molecule has 0 atom stereocenters. The van der Waals surface area contributed by atoms with E-state index >= 15 is 0 Å². The van der Waals surface area contributed by atoms with Gasteiger partial charge in [0.1, 0.15) is 5.76 Å². The van der Waals surface area contributed by atoms with Gasteiger partial charge in [0.2, 0.25) is 0 Å². The van der Waals surface area contributed by atoms with Crippen molar-refractivity contribution >= 4 is 5.96 Å². The van der Waals surface area contributed by atoms with Gasteiger partial charge in [0.15, 0.2) is 5.96 Å². The van der Waals surface area contributed by atoms with Gasteiger partial charge in [-0.2, -0.15) is 0 Å². The van der Waals surface area contributed by atoms with Crippen molar-refractivity contribution in [2.75, 3.05) is 19.6 Å². The van der Waals surface area contributed by atoms with Crippen LogP contribution in [0.1, 0.15) is 41.0 Å². The predicted molar refractivity (Wildman–Crippen MR) is 118 cm³/mol. The van der Waals surface area contributed by atoms with E-state index in [1.165, 1.54) is 16.7 Å². The Morgan fingerprint density at radius 2 is 1.59 bits per heavy atom. The van der Waals surface area contributed by atoms with Gasteiger partial charge in [-0.25, -0.2) is 0 Å². The van der Waals surface area contributed by atoms with Crippen LogP contribution in [0.25, 0.3) is 0 Å². The highest BCUT2D eigenvalue weighted by atomic mass is 16.5. The van der Waals surface area contributed by atoms with E-state index in [0.717, 1.165) is 36.9 Å². The minimum absolute atomic E-state index is 0.218. The van der Waals surface area contributed by atoms with Gasteiger partial charge in [0.05, 0.1) is 12.2 Å². The summed E-state index contributed by atoms with van der Waals surface area (Å²) in [4.78, 5) is 4.89. The lowest BCUT2D eigenvalue weighted by Gasteiger charge is -2.18. The molecular weight excluding hydrogens is 360 g/mol. The molecule has 29 heavy (non-hydrogen) atoms. The molecular formula is C24H30N4O. The monoisotopic (exact) mass is 390 g/mol. The maximum Gasteiger partial charge on any atom is 0.191 e. The van der Waals surface area contributed by atoms with E-state index < -0.39 is 0 Å². The molecule has 1 aromatic heterocycles. The molecule has 0 unspecified atom stereocenters. The van der Waals surface area contributed by atoms with E-state index in [9.17, 15) is 0 Å². The Kier molecular flexibility index (Phi) is 7.45. The molecule has 1 heterocycles. The summed E-state index contributed by atoms with van der Waals surface area (Å²) in [6.45, 7) is 8.29. The van der Waals surface area contributed by atoms with Crippen LogP contribution in [0.5, 0.6) is 0 Å². The fraction of sp³-hybridized carbons (Fsp3) is 0.333. The number of aryl methyl sites for hydroxylation is 2. The van der Waals surface area contributed by atoms with E-state index in [4.69, 9.17) is 9.52 Å². The molecule has 0 bridgehead atoms. The number of nitrogens with one attached hydrogen (secondary N) is 2. The van der Waals surface area contributed by atoms with E-state index in [1.807, 2.05) is 13.8 Å². The van der Waals surface area contributed by atoms with Crippen LogP contribution in [0.15, 0.2) is 70.2 Å². The highest BCUT2D eigenvalue weighted by Gasteiger charge is 2.14. The SMILES string of the molecule is CCNC(=NCC(c1ccccc1)c1ccccc1)NCCc1c(C)noc1C. The third-order valence-electron chi connectivity index (χ3n) is 5.03. The Morgan fingerprint density at radius 3 is 2.10 bits per heavy atom. The predicted octanol–water partition coefficient (Wildman–Crippen LogP) is 4.22. The molecule has 5 nitrogen and oxygen atoms in total. The van der Waals surface area contributed by atoms with E-state index in [2.05, 4.69) is 83.4 Å². The van der Waals surface area contributed by atoms with Crippen LogP contribution in [0.4, 0.5) is 0 Å². The zero-order chi connectivity index (χ0) is 20.5. The first kappa shape index (κ1) is 20.6. The Hall–Kier alpha value is -3.08. The molecule has 2 N–H and O–H groups in total. The number of aliphatic imine (C=N–C) groups is 1. The quantitative estimate of drug-likeness (QED) is 0.446. The van der Waals surface area contributed by atoms with Crippen LogP contribution >= 0.6 is 0 Å². The lowest BCUT2D eigenvalue weighted by molar-refractivity contribution is 0.392. The number of hydrogen-bond donors (Lipinski definition) is 2. The number of guanidine groups is 1. The van der Waals surface area contributed by atoms with Gasteiger partial charge in [-0.1, -0.05) is 65.8 Å². The molecule has 0 saturated heterocycles. The van der Waals surface area contributed by atoms with Crippen molar-refractivity contribution in [1.82, 2.24) is 15.8 Å². The average Bonchev–Trinajstić information content (AvgIpc) is 3.07. The largest absolute Gasteiger partial charge is 0.361 e. The van der Waals surface area contributed by atoms with E-state index in [0.29, 0.717) is 6.54 Å². The van der Waals surface area contributed by atoms with Crippen molar-refractivity contribution in [2.24, 2.45) is 4.99 Å². The summed E-state index contributed by atoms with van der Waals surface area (Å²) >= 11 is 0. The topological polar surface area (TPSA) is 62.5 Å². The van der Waals surface area contributed by atoms with Gasteiger partial charge in [-0.3, -0.25) is 4.99 Å². The van der Waals surface area contributed by atoms with Gasteiger partial charge in [-0.05, 0) is 38.3 Å². The summed E-state index contributed by atoms with van der Waals surface area (Å²) in [7, 11) is 0. The number of hydrogen-bond acceptors (Lipinski definition) is 3. The number of aromatic nitrogens is 1. The summed E-state index contributed by atoms with van der Waals surface area (Å²) in [5.74, 6) is 1.94. The standard InChI is InChI=1S/C24H30N4O/c1-4-25-24(26-16-15-22-18(2)28-29-19(22)3)27-17-23(20-11-7-5-8-12-20)21-13-9-6-10-14-21/h5-14,23H,4,15-17H2,1-3H3,(H2,25,26,27). The fourth-order valence-corrected chi connectivity index (χ4v) is 3.46. The van der Waals surface area contributed by atoms with Crippen molar-refractivity contribution in [2.45, 2.75) is 33.1 Å². The first-order valence-electron chi connectivity index (χ1n) is 10.2. The molecule has 0 spiro atoms. The molecule has 0 aliphatic rings. The number of rotatable bonds is 8. The maximum absolute atomic E-state index is 5.25. The van der Waals surface area contributed by atoms with Crippen molar-refractivity contribution < 1.29 is 4.52 Å². The van der Waals surface area contributed by atoms with Gasteiger partial charge in [0.25, 0.3) is 0 Å². The van der Waals surface area contributed by atoms with Crippen molar-refractivity contribution in [3.63, 3.8) is 0 Å². The molecule has 2 aromatic carbocycles. The molecule has 0 amide bonds. The zero-order valence-electron chi connectivity index (χ0n) is 17.5. The van der Waals surface area contributed by atoms with Gasteiger partial charge < -0.3 is 15.2 Å². The van der Waals surface area contributed by atoms with Crippen molar-refractivity contribution in [3.05, 3.63) is 88.8 Å². The highest BCUT2D eigenvalue weighted by molar-refractivity contribution is 5.79. The molecule has 152 valence electrons. The van der Waals surface area contributed by atoms with Crippen LogP contribution in [-0.4, -0.2) is 30.8 Å². The second kappa shape index (κ2) is 10.5. The van der Waals surface area contributed by atoms with Gasteiger partial charge in [0, 0.05) is 24.6 Å². The Bertz CT molecular complexity index is 844. The number of benzene rings is 2. The lowest BCUT2D eigenvalue weighted by atomic mass is 9.91. The second-order valence-electron chi connectivity index (χ2n) is 7.07. The van der Waals surface area contributed by atoms with Gasteiger partial charge >= 0.3 is 0 Å². The minimum Gasteiger partial charge on any atom is -0.361 e. The molecule has 5 heteroatoms. The summed E-state index contributed by atoms with van der Waals surface area (Å²) in [6, 6.07) is 21.1. The molecule has 0 aliphatic heterocycles. The molecule has 0 fully saturated rings. The minimum atomic E-state index is 0.218. The Morgan fingerprint density at radius 1 is 0.966 bits per heavy atom. The Labute approximate surface area is 173 Å². The van der Waals surface area contributed by atoms with Crippen molar-refractivity contribution in [3.8, 4) is 0 Å². The molecule has 0 saturated carbocycles. The summed E-state index contributed by atoms with van der Waals surface area (Å²) in [6.07, 6.45) is 0.854. The summed E-state index contributed by atoms with van der Waals surface area (Å²) in [5.41, 5.74) is 4.67. The molecule has 3 aromatic rings. The normalized spacial score (nSPS) is 11.7. The van der Waals surface area contributed by atoms with E-state index in [1.54, 1.807) is 0 Å². The number of nitrogens with zero attached hydrogens (tertiary/aromatic N) is 2. The van der Waals surface area contributed by atoms with Crippen molar-refractivity contribution in [1.29, 1.82) is 0 Å². The first-order chi connectivity index (χ1) is 14.2. The maximum atomic E-state index is 5.25. The Balaban J connectivity index is 1.70. The molecule has 0 radical (unpaired) electrons. The van der Waals surface area contributed by atoms with Crippen LogP contribution in [0.3, 0.4) is 0 Å². The smallest absolute Gasteiger partial charge is 0.191 e. The average molecular weight is 391 g/mol. The van der Waals surface area contributed by atoms with Crippen LogP contribution in [0.2, 0.25) is 0 Å². The second-order valence-corrected chi connectivity index (χ2v) is 7.07. The zero-order valence-corrected chi connectivity index (χ0v) is 17.5.